The standard InChI is InChI=1S/C7H9N3O2/c11-6-4-5(7(12)9-6)10-3-1-2-8-10/h1-2,5,8H,3-4H2,(H,9,11,12). The van der Waals surface area contributed by atoms with Crippen LogP contribution < -0.4 is 10.7 Å². The van der Waals surface area contributed by atoms with Gasteiger partial charge in [-0.3, -0.25) is 14.9 Å². The zero-order chi connectivity index (χ0) is 8.55. The van der Waals surface area contributed by atoms with Gasteiger partial charge in [0.25, 0.3) is 0 Å². The van der Waals surface area contributed by atoms with Gasteiger partial charge >= 0.3 is 0 Å². The lowest BCUT2D eigenvalue weighted by molar-refractivity contribution is -0.126. The average molecular weight is 167 g/mol. The van der Waals surface area contributed by atoms with Crippen LogP contribution in [0.3, 0.4) is 0 Å². The first kappa shape index (κ1) is 7.30. The number of carbonyl (C=O) groups excluding carboxylic acids is 2. The van der Waals surface area contributed by atoms with E-state index in [2.05, 4.69) is 10.7 Å². The van der Waals surface area contributed by atoms with E-state index in [1.54, 1.807) is 11.2 Å². The Morgan fingerprint density at radius 1 is 1.50 bits per heavy atom. The Hall–Kier alpha value is -1.36. The molecule has 1 saturated heterocycles. The van der Waals surface area contributed by atoms with Crippen LogP contribution in [0.4, 0.5) is 0 Å². The van der Waals surface area contributed by atoms with Crippen LogP contribution in [0.2, 0.25) is 0 Å². The van der Waals surface area contributed by atoms with Crippen molar-refractivity contribution < 1.29 is 9.59 Å². The van der Waals surface area contributed by atoms with Crippen molar-refractivity contribution in [3.8, 4) is 0 Å². The summed E-state index contributed by atoms with van der Waals surface area (Å²) in [6.07, 6.45) is 3.92. The molecule has 5 heteroatoms. The molecular formula is C7H9N3O2. The van der Waals surface area contributed by atoms with E-state index in [0.717, 1.165) is 0 Å². The summed E-state index contributed by atoms with van der Waals surface area (Å²) in [6.45, 7) is 0.672. The lowest BCUT2D eigenvalue weighted by Gasteiger charge is -2.19. The Bertz CT molecular complexity index is 253. The highest BCUT2D eigenvalue weighted by Gasteiger charge is 2.35. The van der Waals surface area contributed by atoms with Gasteiger partial charge in [-0.15, -0.1) is 0 Å². The van der Waals surface area contributed by atoms with Crippen molar-refractivity contribution in [2.45, 2.75) is 12.5 Å². The Morgan fingerprint density at radius 3 is 2.83 bits per heavy atom. The zero-order valence-electron chi connectivity index (χ0n) is 6.41. The SMILES string of the molecule is O=C1CC(N2CC=CN2)C(=O)N1. The van der Waals surface area contributed by atoms with Crippen molar-refractivity contribution in [2.75, 3.05) is 6.54 Å². The van der Waals surface area contributed by atoms with Gasteiger partial charge in [0.05, 0.1) is 6.42 Å². The highest BCUT2D eigenvalue weighted by atomic mass is 16.2. The minimum Gasteiger partial charge on any atom is -0.325 e. The molecule has 5 nitrogen and oxygen atoms in total. The fourth-order valence-electron chi connectivity index (χ4n) is 1.38. The number of amides is 2. The Morgan fingerprint density at radius 2 is 2.33 bits per heavy atom. The second-order valence-corrected chi connectivity index (χ2v) is 2.82. The van der Waals surface area contributed by atoms with E-state index in [1.807, 2.05) is 6.08 Å². The van der Waals surface area contributed by atoms with Gasteiger partial charge in [0, 0.05) is 12.7 Å². The molecule has 2 heterocycles. The number of rotatable bonds is 1. The number of imide groups is 1. The first-order valence-corrected chi connectivity index (χ1v) is 3.79. The minimum absolute atomic E-state index is 0.196. The maximum absolute atomic E-state index is 11.1. The third kappa shape index (κ3) is 1.08. The van der Waals surface area contributed by atoms with E-state index >= 15 is 0 Å². The first-order chi connectivity index (χ1) is 5.77. The summed E-state index contributed by atoms with van der Waals surface area (Å²) in [5.41, 5.74) is 2.89. The molecule has 0 bridgehead atoms. The molecule has 0 radical (unpaired) electrons. The van der Waals surface area contributed by atoms with Crippen LogP contribution in [-0.2, 0) is 9.59 Å². The van der Waals surface area contributed by atoms with E-state index in [0.29, 0.717) is 6.54 Å². The predicted octanol–water partition coefficient (Wildman–Crippen LogP) is -1.26. The van der Waals surface area contributed by atoms with Gasteiger partial charge in [0.15, 0.2) is 0 Å². The zero-order valence-corrected chi connectivity index (χ0v) is 6.41. The van der Waals surface area contributed by atoms with Crippen molar-refractivity contribution in [1.82, 2.24) is 15.8 Å². The van der Waals surface area contributed by atoms with E-state index in [9.17, 15) is 9.59 Å². The van der Waals surface area contributed by atoms with Crippen LogP contribution in [0.15, 0.2) is 12.3 Å². The highest BCUT2D eigenvalue weighted by molar-refractivity contribution is 6.05. The lowest BCUT2D eigenvalue weighted by Crippen LogP contribution is -2.44. The third-order valence-corrected chi connectivity index (χ3v) is 1.98. The Balaban J connectivity index is 2.04. The summed E-state index contributed by atoms with van der Waals surface area (Å²) < 4.78 is 0. The van der Waals surface area contributed by atoms with E-state index in [-0.39, 0.29) is 24.3 Å². The summed E-state index contributed by atoms with van der Waals surface area (Å²) in [7, 11) is 0. The number of hydrogen-bond acceptors (Lipinski definition) is 4. The Kier molecular flexibility index (Phi) is 1.58. The molecule has 0 saturated carbocycles. The number of hydrogen-bond donors (Lipinski definition) is 2. The van der Waals surface area contributed by atoms with Crippen molar-refractivity contribution in [1.29, 1.82) is 0 Å². The molecule has 1 unspecified atom stereocenters. The molecule has 1 fully saturated rings. The van der Waals surface area contributed by atoms with Gasteiger partial charge in [0.1, 0.15) is 6.04 Å². The van der Waals surface area contributed by atoms with Gasteiger partial charge in [-0.05, 0) is 0 Å². The van der Waals surface area contributed by atoms with E-state index in [1.165, 1.54) is 0 Å². The van der Waals surface area contributed by atoms with Crippen molar-refractivity contribution in [3.05, 3.63) is 12.3 Å². The molecule has 64 valence electrons. The van der Waals surface area contributed by atoms with Gasteiger partial charge < -0.3 is 5.43 Å². The molecule has 2 rings (SSSR count). The lowest BCUT2D eigenvalue weighted by atomic mass is 10.2. The van der Waals surface area contributed by atoms with Crippen LogP contribution >= 0.6 is 0 Å². The molecule has 2 aliphatic heterocycles. The molecule has 0 aromatic rings. The normalized spacial score (nSPS) is 29.2. The second kappa shape index (κ2) is 2.60. The maximum atomic E-state index is 11.1. The molecule has 2 aliphatic rings. The molecule has 0 spiro atoms. The highest BCUT2D eigenvalue weighted by Crippen LogP contribution is 2.10. The van der Waals surface area contributed by atoms with Crippen LogP contribution in [0.25, 0.3) is 0 Å². The monoisotopic (exact) mass is 167 g/mol. The number of hydrazine groups is 1. The molecule has 0 aliphatic carbocycles. The van der Waals surface area contributed by atoms with Gasteiger partial charge in [0.2, 0.25) is 11.8 Å². The summed E-state index contributed by atoms with van der Waals surface area (Å²) in [6, 6.07) is -0.340. The molecule has 2 amide bonds. The number of carbonyl (C=O) groups is 2. The fraction of sp³-hybridized carbons (Fsp3) is 0.429. The fourth-order valence-corrected chi connectivity index (χ4v) is 1.38. The van der Waals surface area contributed by atoms with Crippen molar-refractivity contribution in [3.63, 3.8) is 0 Å². The molecule has 0 aromatic carbocycles. The van der Waals surface area contributed by atoms with Gasteiger partial charge in [-0.2, -0.15) is 0 Å². The van der Waals surface area contributed by atoms with Crippen molar-refractivity contribution >= 4 is 11.8 Å². The molecule has 0 aromatic heterocycles. The summed E-state index contributed by atoms with van der Waals surface area (Å²) >= 11 is 0. The molecule has 12 heavy (non-hydrogen) atoms. The maximum Gasteiger partial charge on any atom is 0.246 e. The Labute approximate surface area is 69.4 Å². The topological polar surface area (TPSA) is 61.4 Å². The minimum atomic E-state index is -0.340. The number of nitrogens with zero attached hydrogens (tertiary/aromatic N) is 1. The van der Waals surface area contributed by atoms with Gasteiger partial charge in [-0.25, -0.2) is 5.01 Å². The van der Waals surface area contributed by atoms with Crippen LogP contribution in [0.5, 0.6) is 0 Å². The molecular weight excluding hydrogens is 158 g/mol. The van der Waals surface area contributed by atoms with Crippen LogP contribution in [0, 0.1) is 0 Å². The predicted molar refractivity (Wildman–Crippen MR) is 40.5 cm³/mol. The molecule has 2 N–H and O–H groups in total. The van der Waals surface area contributed by atoms with Crippen LogP contribution in [-0.4, -0.2) is 29.4 Å². The quantitative estimate of drug-likeness (QED) is 0.478. The summed E-state index contributed by atoms with van der Waals surface area (Å²) in [4.78, 5) is 21.9. The third-order valence-electron chi connectivity index (χ3n) is 1.98. The number of nitrogens with one attached hydrogen (secondary N) is 2. The van der Waals surface area contributed by atoms with Gasteiger partial charge in [-0.1, -0.05) is 6.08 Å². The van der Waals surface area contributed by atoms with Crippen molar-refractivity contribution in [2.24, 2.45) is 0 Å². The largest absolute Gasteiger partial charge is 0.325 e. The second-order valence-electron chi connectivity index (χ2n) is 2.82. The molecule has 1 atom stereocenters. The summed E-state index contributed by atoms with van der Waals surface area (Å²) in [5, 5.41) is 3.99. The van der Waals surface area contributed by atoms with Crippen LogP contribution in [0.1, 0.15) is 6.42 Å². The average Bonchev–Trinajstić information content (AvgIpc) is 2.58. The van der Waals surface area contributed by atoms with E-state index in [4.69, 9.17) is 0 Å². The first-order valence-electron chi connectivity index (χ1n) is 3.79. The van der Waals surface area contributed by atoms with E-state index < -0.39 is 0 Å². The summed E-state index contributed by atoms with van der Waals surface area (Å²) in [5.74, 6) is -0.407. The smallest absolute Gasteiger partial charge is 0.246 e.